The van der Waals surface area contributed by atoms with Crippen molar-refractivity contribution in [3.63, 3.8) is 0 Å². The molecular weight excluding hydrogens is 214 g/mol. The largest absolute Gasteiger partial charge is 0.280 e. The van der Waals surface area contributed by atoms with Crippen LogP contribution < -0.4 is 5.43 Å². The van der Waals surface area contributed by atoms with E-state index >= 15 is 0 Å². The van der Waals surface area contributed by atoms with Gasteiger partial charge in [0, 0.05) is 6.04 Å². The van der Waals surface area contributed by atoms with Crippen LogP contribution in [0.25, 0.3) is 0 Å². The molecule has 0 saturated heterocycles. The number of nitrogens with one attached hydrogen (secondary N) is 1. The monoisotopic (exact) mass is 235 g/mol. The zero-order valence-corrected chi connectivity index (χ0v) is 10.8. The lowest BCUT2D eigenvalue weighted by Crippen LogP contribution is -2.62. The third-order valence-corrected chi connectivity index (χ3v) is 5.37. The summed E-state index contributed by atoms with van der Waals surface area (Å²) >= 11 is 0. The molecule has 1 amide bonds. The second-order valence-electron chi connectivity index (χ2n) is 6.41. The summed E-state index contributed by atoms with van der Waals surface area (Å²) in [6.45, 7) is 7.58. The van der Waals surface area contributed by atoms with E-state index in [2.05, 4.69) is 31.2 Å². The van der Waals surface area contributed by atoms with E-state index in [1.807, 2.05) is 0 Å². The number of carbonyl (C=O) groups is 1. The smallest absolute Gasteiger partial charge is 0.266 e. The molecule has 3 fully saturated rings. The normalized spacial score (nSPS) is 42.8. The van der Waals surface area contributed by atoms with E-state index in [0.717, 1.165) is 11.8 Å². The summed E-state index contributed by atoms with van der Waals surface area (Å²) in [7, 11) is 0. The fourth-order valence-electron chi connectivity index (χ4n) is 3.96. The van der Waals surface area contributed by atoms with E-state index in [0.29, 0.717) is 24.0 Å². The number of fused-ring (bicyclic) bond motifs is 2. The molecule has 3 aliphatic carbocycles. The summed E-state index contributed by atoms with van der Waals surface area (Å²) in [6, 6.07) is 0.442. The van der Waals surface area contributed by atoms with Gasteiger partial charge in [0.2, 0.25) is 0 Å². The molecule has 0 aromatic heterocycles. The Bertz CT molecular complexity index is 377. The summed E-state index contributed by atoms with van der Waals surface area (Å²) in [5.41, 5.74) is 3.88. The lowest BCUT2D eigenvalue weighted by atomic mass is 9.45. The van der Waals surface area contributed by atoms with E-state index in [9.17, 15) is 4.79 Å². The minimum absolute atomic E-state index is 0.00397. The number of hydrogen-bond donors (Lipinski definition) is 1. The van der Waals surface area contributed by atoms with Crippen LogP contribution in [0, 0.1) is 23.2 Å². The van der Waals surface area contributed by atoms with E-state index in [1.165, 1.54) is 19.1 Å². The van der Waals surface area contributed by atoms with Crippen LogP contribution >= 0.6 is 0 Å². The molecule has 0 spiro atoms. The highest BCUT2D eigenvalue weighted by Gasteiger charge is 2.56. The van der Waals surface area contributed by atoms with Crippen LogP contribution in [-0.4, -0.2) is 29.8 Å². The summed E-state index contributed by atoms with van der Waals surface area (Å²) in [6.07, 6.45) is 3.97. The van der Waals surface area contributed by atoms with Crippen molar-refractivity contribution >= 4 is 12.1 Å². The molecule has 1 N–H and O–H groups in total. The molecule has 17 heavy (non-hydrogen) atoms. The standard InChI is InChI=1S/C13H21N3O/c1-8-10-4-9(13(10,2)3)5-11(8)15-16-7-14-6-12(16)17/h6,8-11,15H,4-5,7H2,1-3H3/t8-,9+,10-,11-/m0/s1. The van der Waals surface area contributed by atoms with Gasteiger partial charge in [-0.05, 0) is 36.0 Å². The summed E-state index contributed by atoms with van der Waals surface area (Å²) in [4.78, 5) is 15.5. The average Bonchev–Trinajstić information content (AvgIpc) is 2.66. The fourth-order valence-corrected chi connectivity index (χ4v) is 3.96. The van der Waals surface area contributed by atoms with Crippen LogP contribution in [-0.2, 0) is 4.79 Å². The van der Waals surface area contributed by atoms with Crippen molar-refractivity contribution in [3.05, 3.63) is 0 Å². The predicted molar refractivity (Wildman–Crippen MR) is 66.3 cm³/mol. The second kappa shape index (κ2) is 3.55. The van der Waals surface area contributed by atoms with E-state index < -0.39 is 0 Å². The third kappa shape index (κ3) is 1.53. The molecule has 94 valence electrons. The van der Waals surface area contributed by atoms with Gasteiger partial charge in [-0.3, -0.25) is 14.8 Å². The molecule has 0 aromatic rings. The zero-order chi connectivity index (χ0) is 12.2. The van der Waals surface area contributed by atoms with Gasteiger partial charge in [0.05, 0.1) is 6.21 Å². The Hall–Kier alpha value is -0.900. The van der Waals surface area contributed by atoms with Gasteiger partial charge in [-0.25, -0.2) is 5.43 Å². The SMILES string of the molecule is C[C@@H]1[C@@H](NN2CN=CC2=O)C[C@H]2C[C@@H]1C2(C)C. The van der Waals surface area contributed by atoms with E-state index in [4.69, 9.17) is 0 Å². The molecule has 0 unspecified atom stereocenters. The van der Waals surface area contributed by atoms with Crippen LogP contribution in [0.4, 0.5) is 0 Å². The lowest BCUT2D eigenvalue weighted by molar-refractivity contribution is -0.139. The first-order chi connectivity index (χ1) is 8.00. The first-order valence-electron chi connectivity index (χ1n) is 6.57. The van der Waals surface area contributed by atoms with E-state index in [1.54, 1.807) is 5.01 Å². The van der Waals surface area contributed by atoms with Gasteiger partial charge in [0.15, 0.2) is 0 Å². The number of nitrogens with zero attached hydrogens (tertiary/aromatic N) is 2. The lowest BCUT2D eigenvalue weighted by Gasteiger charge is -2.62. The van der Waals surface area contributed by atoms with Gasteiger partial charge >= 0.3 is 0 Å². The Morgan fingerprint density at radius 2 is 2.24 bits per heavy atom. The van der Waals surface area contributed by atoms with Gasteiger partial charge in [0.25, 0.3) is 5.91 Å². The van der Waals surface area contributed by atoms with Crippen LogP contribution in [0.15, 0.2) is 4.99 Å². The zero-order valence-electron chi connectivity index (χ0n) is 10.8. The number of carbonyl (C=O) groups excluding carboxylic acids is 1. The van der Waals surface area contributed by atoms with Crippen molar-refractivity contribution in [1.29, 1.82) is 0 Å². The van der Waals surface area contributed by atoms with Gasteiger partial charge in [0.1, 0.15) is 6.67 Å². The molecule has 1 aliphatic heterocycles. The Morgan fingerprint density at radius 1 is 1.47 bits per heavy atom. The number of rotatable bonds is 2. The maximum Gasteiger partial charge on any atom is 0.280 e. The molecule has 3 saturated carbocycles. The van der Waals surface area contributed by atoms with E-state index in [-0.39, 0.29) is 5.91 Å². The number of hydrazine groups is 1. The number of amides is 1. The predicted octanol–water partition coefficient (Wildman–Crippen LogP) is 1.43. The van der Waals surface area contributed by atoms with Crippen LogP contribution in [0.3, 0.4) is 0 Å². The Labute approximate surface area is 102 Å². The molecule has 4 aliphatic rings. The highest BCUT2D eigenvalue weighted by atomic mass is 16.2. The van der Waals surface area contributed by atoms with Crippen molar-refractivity contribution in [1.82, 2.24) is 10.4 Å². The minimum atomic E-state index is -0.00397. The highest BCUT2D eigenvalue weighted by Crippen LogP contribution is 2.61. The third-order valence-electron chi connectivity index (χ3n) is 5.37. The number of hydrogen-bond acceptors (Lipinski definition) is 3. The Morgan fingerprint density at radius 3 is 2.76 bits per heavy atom. The van der Waals surface area contributed by atoms with Crippen molar-refractivity contribution in [2.45, 2.75) is 39.7 Å². The molecule has 4 atom stereocenters. The fraction of sp³-hybridized carbons (Fsp3) is 0.846. The van der Waals surface area contributed by atoms with Crippen LogP contribution in [0.5, 0.6) is 0 Å². The maximum absolute atomic E-state index is 11.5. The van der Waals surface area contributed by atoms with Crippen molar-refractivity contribution in [3.8, 4) is 0 Å². The Balaban J connectivity index is 1.65. The van der Waals surface area contributed by atoms with Gasteiger partial charge in [-0.15, -0.1) is 0 Å². The average molecular weight is 235 g/mol. The quantitative estimate of drug-likeness (QED) is 0.787. The first-order valence-corrected chi connectivity index (χ1v) is 6.57. The summed E-state index contributed by atoms with van der Waals surface area (Å²) in [5.74, 6) is 2.26. The first kappa shape index (κ1) is 11.2. The van der Waals surface area contributed by atoms with Crippen molar-refractivity contribution in [2.24, 2.45) is 28.2 Å². The van der Waals surface area contributed by atoms with Crippen LogP contribution in [0.2, 0.25) is 0 Å². The van der Waals surface area contributed by atoms with Gasteiger partial charge < -0.3 is 0 Å². The molecule has 2 bridgehead atoms. The maximum atomic E-state index is 11.5. The molecule has 0 radical (unpaired) electrons. The van der Waals surface area contributed by atoms with Gasteiger partial charge in [-0.1, -0.05) is 20.8 Å². The topological polar surface area (TPSA) is 44.7 Å². The highest BCUT2D eigenvalue weighted by molar-refractivity contribution is 6.27. The van der Waals surface area contributed by atoms with Crippen LogP contribution in [0.1, 0.15) is 33.6 Å². The van der Waals surface area contributed by atoms with Gasteiger partial charge in [-0.2, -0.15) is 0 Å². The molecular formula is C13H21N3O. The molecule has 4 heteroatoms. The number of aliphatic imine (C=N–C) groups is 1. The Kier molecular flexibility index (Phi) is 2.34. The molecule has 1 heterocycles. The molecule has 4 nitrogen and oxygen atoms in total. The van der Waals surface area contributed by atoms with Crippen molar-refractivity contribution < 1.29 is 4.79 Å². The second-order valence-corrected chi connectivity index (χ2v) is 6.41. The summed E-state index contributed by atoms with van der Waals surface area (Å²) < 4.78 is 0. The molecule has 0 aromatic carbocycles. The summed E-state index contributed by atoms with van der Waals surface area (Å²) in [5, 5.41) is 1.65. The minimum Gasteiger partial charge on any atom is -0.266 e. The molecule has 4 rings (SSSR count). The van der Waals surface area contributed by atoms with Crippen molar-refractivity contribution in [2.75, 3.05) is 6.67 Å².